The Morgan fingerprint density at radius 3 is 0.760 bits per heavy atom. The van der Waals surface area contributed by atoms with E-state index in [1.807, 2.05) is 0 Å². The standard InChI is InChI=1S/C81H158O17P2/c1-7-10-12-14-16-18-19-20-21-24-28-31-34-40-46-52-58-64-79(84)92-70-77(98-80(85)65-59-53-47-41-35-32-29-26-23-22-25-27-30-33-39-44-50-56-62-74(6)9-3)72-96-100(89,90)94-68-75(82)67-93-99(87,88)95-71-76(69-91-78(83)63-57-51-45-17-15-13-11-8-2)97-81(86)66-60-54-48-42-37-36-38-43-49-55-61-73(4)5/h73-77,82H,7-72H2,1-6H3,(H,87,88)(H,89,90)/t74?,75-,76+,77+/m0/s1. The molecule has 3 N–H and O–H groups in total. The summed E-state index contributed by atoms with van der Waals surface area (Å²) in [6, 6.07) is 0. The molecular formula is C81H158O17P2. The van der Waals surface area contributed by atoms with E-state index in [0.29, 0.717) is 25.7 Å². The number of hydrogen-bond donors (Lipinski definition) is 3. The molecule has 0 amide bonds. The van der Waals surface area contributed by atoms with Crippen molar-refractivity contribution in [2.75, 3.05) is 39.6 Å². The van der Waals surface area contributed by atoms with E-state index in [4.69, 9.17) is 37.0 Å². The van der Waals surface area contributed by atoms with Gasteiger partial charge in [-0.2, -0.15) is 0 Å². The predicted molar refractivity (Wildman–Crippen MR) is 409 cm³/mol. The number of ether oxygens (including phenoxy) is 4. The molecule has 0 aromatic carbocycles. The molecule has 594 valence electrons. The Morgan fingerprint density at radius 2 is 0.510 bits per heavy atom. The molecular weight excluding hydrogens is 1310 g/mol. The van der Waals surface area contributed by atoms with Crippen LogP contribution in [-0.4, -0.2) is 96.7 Å². The Morgan fingerprint density at radius 1 is 0.290 bits per heavy atom. The molecule has 100 heavy (non-hydrogen) atoms. The molecule has 0 heterocycles. The lowest BCUT2D eigenvalue weighted by Gasteiger charge is -2.21. The molecule has 0 radical (unpaired) electrons. The van der Waals surface area contributed by atoms with Gasteiger partial charge in [0.05, 0.1) is 26.4 Å². The first kappa shape index (κ1) is 98.1. The number of carbonyl (C=O) groups is 4. The van der Waals surface area contributed by atoms with Crippen LogP contribution < -0.4 is 0 Å². The van der Waals surface area contributed by atoms with Crippen LogP contribution in [0.3, 0.4) is 0 Å². The first-order valence-corrected chi connectivity index (χ1v) is 45.0. The normalized spacial score (nSPS) is 14.2. The molecule has 6 atom stereocenters. The van der Waals surface area contributed by atoms with Crippen LogP contribution >= 0.6 is 15.6 Å². The number of rotatable bonds is 80. The van der Waals surface area contributed by atoms with Crippen LogP contribution in [-0.2, 0) is 65.4 Å². The molecule has 19 heteroatoms. The molecule has 0 fully saturated rings. The zero-order valence-corrected chi connectivity index (χ0v) is 67.3. The highest BCUT2D eigenvalue weighted by molar-refractivity contribution is 7.47. The molecule has 0 aliphatic heterocycles. The third-order valence-electron chi connectivity index (χ3n) is 19.3. The van der Waals surface area contributed by atoms with Gasteiger partial charge in [-0.05, 0) is 37.5 Å². The molecule has 0 saturated heterocycles. The van der Waals surface area contributed by atoms with E-state index < -0.39 is 97.5 Å². The van der Waals surface area contributed by atoms with Gasteiger partial charge in [-0.3, -0.25) is 37.3 Å². The van der Waals surface area contributed by atoms with E-state index in [-0.39, 0.29) is 25.7 Å². The van der Waals surface area contributed by atoms with Gasteiger partial charge in [-0.1, -0.05) is 375 Å². The summed E-state index contributed by atoms with van der Waals surface area (Å²) >= 11 is 0. The molecule has 0 saturated carbocycles. The van der Waals surface area contributed by atoms with Gasteiger partial charge in [-0.15, -0.1) is 0 Å². The number of aliphatic hydroxyl groups is 1. The van der Waals surface area contributed by atoms with Crippen molar-refractivity contribution in [3.05, 3.63) is 0 Å². The van der Waals surface area contributed by atoms with Crippen molar-refractivity contribution in [1.82, 2.24) is 0 Å². The second kappa shape index (κ2) is 72.6. The zero-order chi connectivity index (χ0) is 73.5. The van der Waals surface area contributed by atoms with Gasteiger partial charge in [0.15, 0.2) is 12.2 Å². The van der Waals surface area contributed by atoms with Gasteiger partial charge >= 0.3 is 39.5 Å². The average Bonchev–Trinajstić information content (AvgIpc) is 0.912. The van der Waals surface area contributed by atoms with Crippen LogP contribution in [0.15, 0.2) is 0 Å². The highest BCUT2D eigenvalue weighted by atomic mass is 31.2. The average molecular weight is 1470 g/mol. The molecule has 0 aromatic rings. The van der Waals surface area contributed by atoms with Crippen molar-refractivity contribution in [2.45, 2.75) is 445 Å². The zero-order valence-electron chi connectivity index (χ0n) is 65.5. The van der Waals surface area contributed by atoms with Crippen molar-refractivity contribution in [3.63, 3.8) is 0 Å². The molecule has 0 spiro atoms. The third kappa shape index (κ3) is 73.0. The van der Waals surface area contributed by atoms with Crippen LogP contribution in [0.25, 0.3) is 0 Å². The van der Waals surface area contributed by atoms with Crippen molar-refractivity contribution in [3.8, 4) is 0 Å². The van der Waals surface area contributed by atoms with Gasteiger partial charge in [-0.25, -0.2) is 9.13 Å². The summed E-state index contributed by atoms with van der Waals surface area (Å²) in [4.78, 5) is 72.9. The maximum Gasteiger partial charge on any atom is 0.472 e. The van der Waals surface area contributed by atoms with Crippen LogP contribution in [0.5, 0.6) is 0 Å². The van der Waals surface area contributed by atoms with Crippen LogP contribution in [0, 0.1) is 11.8 Å². The topological polar surface area (TPSA) is 237 Å². The number of carbonyl (C=O) groups excluding carboxylic acids is 4. The lowest BCUT2D eigenvalue weighted by Crippen LogP contribution is -2.30. The van der Waals surface area contributed by atoms with Gasteiger partial charge in [0.2, 0.25) is 0 Å². The Hall–Kier alpha value is -1.94. The van der Waals surface area contributed by atoms with E-state index in [2.05, 4.69) is 41.5 Å². The Labute approximate surface area is 613 Å². The highest BCUT2D eigenvalue weighted by Gasteiger charge is 2.30. The van der Waals surface area contributed by atoms with Gasteiger partial charge in [0.25, 0.3) is 0 Å². The number of phosphoric ester groups is 2. The SMILES string of the molecule is CCCCCCCCCCCCCCCCCCCC(=O)OC[C@H](COP(=O)(O)OC[C@@H](O)COP(=O)(O)OC[C@@H](COC(=O)CCCCCCCCCC)OC(=O)CCCCCCCCCCCCC(C)C)OC(=O)CCCCCCCCCCCCCCCCCCCCC(C)CC. The summed E-state index contributed by atoms with van der Waals surface area (Å²) in [5, 5.41) is 10.6. The fourth-order valence-electron chi connectivity index (χ4n) is 12.5. The summed E-state index contributed by atoms with van der Waals surface area (Å²) in [7, 11) is -9.91. The molecule has 0 rings (SSSR count). The van der Waals surface area contributed by atoms with Crippen molar-refractivity contribution < 1.29 is 80.2 Å². The maximum absolute atomic E-state index is 13.1. The summed E-state index contributed by atoms with van der Waals surface area (Å²) in [5.74, 6) is -0.488. The quantitative estimate of drug-likeness (QED) is 0.0222. The van der Waals surface area contributed by atoms with Crippen LogP contribution in [0.4, 0.5) is 0 Å². The third-order valence-corrected chi connectivity index (χ3v) is 21.2. The summed E-state index contributed by atoms with van der Waals surface area (Å²) in [5.41, 5.74) is 0. The molecule has 0 aliphatic carbocycles. The summed E-state index contributed by atoms with van der Waals surface area (Å²) in [6.07, 6.45) is 62.5. The number of phosphoric acid groups is 2. The monoisotopic (exact) mass is 1470 g/mol. The summed E-state index contributed by atoms with van der Waals surface area (Å²) < 4.78 is 68.6. The Kier molecular flexibility index (Phi) is 71.2. The number of aliphatic hydroxyl groups excluding tert-OH is 1. The number of esters is 4. The highest BCUT2D eigenvalue weighted by Crippen LogP contribution is 2.45. The van der Waals surface area contributed by atoms with E-state index in [9.17, 15) is 43.2 Å². The van der Waals surface area contributed by atoms with E-state index in [1.165, 1.54) is 238 Å². The molecule has 0 aromatic heterocycles. The smallest absolute Gasteiger partial charge is 0.462 e. The largest absolute Gasteiger partial charge is 0.472 e. The lowest BCUT2D eigenvalue weighted by atomic mass is 9.99. The van der Waals surface area contributed by atoms with E-state index >= 15 is 0 Å². The second-order valence-corrected chi connectivity index (χ2v) is 32.8. The van der Waals surface area contributed by atoms with E-state index in [0.717, 1.165) is 108 Å². The Bertz CT molecular complexity index is 1930. The molecule has 0 aliphatic rings. The van der Waals surface area contributed by atoms with E-state index in [1.54, 1.807) is 0 Å². The minimum absolute atomic E-state index is 0.106. The first-order chi connectivity index (χ1) is 48.4. The van der Waals surface area contributed by atoms with Crippen LogP contribution in [0.2, 0.25) is 0 Å². The molecule has 0 bridgehead atoms. The lowest BCUT2D eigenvalue weighted by molar-refractivity contribution is -0.161. The second-order valence-electron chi connectivity index (χ2n) is 29.9. The molecule has 17 nitrogen and oxygen atoms in total. The Balaban J connectivity index is 5.18. The minimum Gasteiger partial charge on any atom is -0.462 e. The fourth-order valence-corrected chi connectivity index (χ4v) is 14.1. The van der Waals surface area contributed by atoms with Gasteiger partial charge in [0, 0.05) is 25.7 Å². The van der Waals surface area contributed by atoms with Gasteiger partial charge < -0.3 is 33.8 Å². The van der Waals surface area contributed by atoms with Crippen LogP contribution in [0.1, 0.15) is 427 Å². The summed E-state index contributed by atoms with van der Waals surface area (Å²) in [6.45, 7) is 9.66. The maximum atomic E-state index is 13.1. The fraction of sp³-hybridized carbons (Fsp3) is 0.951. The minimum atomic E-state index is -4.96. The van der Waals surface area contributed by atoms with Crippen molar-refractivity contribution >= 4 is 39.5 Å². The van der Waals surface area contributed by atoms with Gasteiger partial charge in [0.1, 0.15) is 19.3 Å². The first-order valence-electron chi connectivity index (χ1n) is 42.0. The number of unbranched alkanes of at least 4 members (excludes halogenated alkanes) is 49. The van der Waals surface area contributed by atoms with Crippen molar-refractivity contribution in [1.29, 1.82) is 0 Å². The van der Waals surface area contributed by atoms with Crippen molar-refractivity contribution in [2.24, 2.45) is 11.8 Å². The predicted octanol–water partition coefficient (Wildman–Crippen LogP) is 24.3. The number of hydrogen-bond acceptors (Lipinski definition) is 15. The molecule has 3 unspecified atom stereocenters.